The number of nitrogens with one attached hydrogen (secondary N) is 1. The third-order valence-electron chi connectivity index (χ3n) is 5.74. The fraction of sp³-hybridized carbons (Fsp3) is 0.0714. The molecule has 0 spiro atoms. The molecule has 0 bridgehead atoms. The second-order valence-electron chi connectivity index (χ2n) is 7.82. The lowest BCUT2D eigenvalue weighted by Gasteiger charge is -2.29. The molecule has 0 amide bonds. The zero-order chi connectivity index (χ0) is 23.3. The van der Waals surface area contributed by atoms with Gasteiger partial charge in [0.25, 0.3) is 0 Å². The maximum atomic E-state index is 6.69. The lowest BCUT2D eigenvalue weighted by Crippen LogP contribution is -2.27. The topological polar surface area (TPSA) is 70.3 Å². The first kappa shape index (κ1) is 21.3. The van der Waals surface area contributed by atoms with Crippen LogP contribution in [0.2, 0.25) is 0 Å². The predicted octanol–water partition coefficient (Wildman–Crippen LogP) is 6.54. The van der Waals surface area contributed by atoms with Crippen LogP contribution in [0, 0.1) is 0 Å². The number of nitrogens with two attached hydrogens (primary N) is 1. The van der Waals surface area contributed by atoms with Gasteiger partial charge in [-0.05, 0) is 42.6 Å². The largest absolute Gasteiger partial charge is 0.393 e. The molecule has 0 aliphatic carbocycles. The first-order chi connectivity index (χ1) is 16.8. The summed E-state index contributed by atoms with van der Waals surface area (Å²) in [7, 11) is 0. The third kappa shape index (κ3) is 4.09. The van der Waals surface area contributed by atoms with Gasteiger partial charge in [-0.3, -0.25) is 10.4 Å². The molecule has 168 valence electrons. The van der Waals surface area contributed by atoms with Crippen LogP contribution in [-0.4, -0.2) is 16.5 Å². The minimum atomic E-state index is 0.481. The van der Waals surface area contributed by atoms with E-state index < -0.39 is 0 Å². The molecule has 4 aromatic carbocycles. The van der Waals surface area contributed by atoms with Crippen LogP contribution in [0.5, 0.6) is 0 Å². The van der Waals surface area contributed by atoms with Gasteiger partial charge in [-0.2, -0.15) is 0 Å². The Morgan fingerprint density at radius 3 is 2.03 bits per heavy atom. The second kappa shape index (κ2) is 9.50. The average molecular weight is 447 g/mol. The van der Waals surface area contributed by atoms with E-state index in [1.165, 1.54) is 5.39 Å². The van der Waals surface area contributed by atoms with E-state index >= 15 is 0 Å². The zero-order valence-electron chi connectivity index (χ0n) is 19.0. The first-order valence-electron chi connectivity index (χ1n) is 11.3. The SMILES string of the molecule is CCN(c1ncnc(NN(c2ccccc2)c2ccccc2)c1N)c1cccc2ccccc12. The minimum absolute atomic E-state index is 0.481. The molecule has 3 N–H and O–H groups in total. The Morgan fingerprint density at radius 2 is 1.35 bits per heavy atom. The Morgan fingerprint density at radius 1 is 0.735 bits per heavy atom. The summed E-state index contributed by atoms with van der Waals surface area (Å²) in [6, 6.07) is 34.7. The second-order valence-corrected chi connectivity index (χ2v) is 7.82. The molecule has 0 saturated heterocycles. The van der Waals surface area contributed by atoms with Gasteiger partial charge in [0.05, 0.1) is 17.1 Å². The number of nitrogens with zero attached hydrogens (tertiary/aromatic N) is 4. The van der Waals surface area contributed by atoms with Crippen LogP contribution in [0.4, 0.5) is 34.4 Å². The summed E-state index contributed by atoms with van der Waals surface area (Å²) in [6.07, 6.45) is 1.55. The van der Waals surface area contributed by atoms with Crippen molar-refractivity contribution in [1.29, 1.82) is 0 Å². The van der Waals surface area contributed by atoms with Crippen LogP contribution in [0.1, 0.15) is 6.92 Å². The maximum absolute atomic E-state index is 6.69. The minimum Gasteiger partial charge on any atom is -0.393 e. The summed E-state index contributed by atoms with van der Waals surface area (Å²) in [5.74, 6) is 1.20. The Balaban J connectivity index is 1.56. The van der Waals surface area contributed by atoms with Gasteiger partial charge in [-0.1, -0.05) is 72.8 Å². The van der Waals surface area contributed by atoms with Gasteiger partial charge < -0.3 is 10.6 Å². The summed E-state index contributed by atoms with van der Waals surface area (Å²) in [5.41, 5.74) is 13.6. The van der Waals surface area contributed by atoms with Crippen LogP contribution >= 0.6 is 0 Å². The van der Waals surface area contributed by atoms with Crippen molar-refractivity contribution in [2.45, 2.75) is 6.92 Å². The van der Waals surface area contributed by atoms with E-state index in [0.717, 1.165) is 22.4 Å². The van der Waals surface area contributed by atoms with E-state index in [9.17, 15) is 0 Å². The van der Waals surface area contributed by atoms with Crippen molar-refractivity contribution in [3.63, 3.8) is 0 Å². The van der Waals surface area contributed by atoms with Crippen molar-refractivity contribution in [2.24, 2.45) is 0 Å². The van der Waals surface area contributed by atoms with Crippen molar-refractivity contribution in [3.8, 4) is 0 Å². The molecular formula is C28H26N6. The number of anilines is 6. The Kier molecular flexibility index (Phi) is 5.95. The monoisotopic (exact) mass is 446 g/mol. The lowest BCUT2D eigenvalue weighted by molar-refractivity contribution is 0.980. The molecule has 6 heteroatoms. The van der Waals surface area contributed by atoms with Crippen LogP contribution in [-0.2, 0) is 0 Å². The predicted molar refractivity (Wildman–Crippen MR) is 142 cm³/mol. The van der Waals surface area contributed by atoms with Crippen LogP contribution in [0.15, 0.2) is 109 Å². The van der Waals surface area contributed by atoms with E-state index in [2.05, 4.69) is 57.5 Å². The first-order valence-corrected chi connectivity index (χ1v) is 11.3. The third-order valence-corrected chi connectivity index (χ3v) is 5.74. The van der Waals surface area contributed by atoms with Gasteiger partial charge in [0.1, 0.15) is 12.0 Å². The van der Waals surface area contributed by atoms with Crippen molar-refractivity contribution in [3.05, 3.63) is 109 Å². The number of rotatable bonds is 7. The van der Waals surface area contributed by atoms with E-state index in [1.807, 2.05) is 77.8 Å². The van der Waals surface area contributed by atoms with Gasteiger partial charge in [-0.25, -0.2) is 9.97 Å². The van der Waals surface area contributed by atoms with Crippen LogP contribution < -0.4 is 21.1 Å². The van der Waals surface area contributed by atoms with Gasteiger partial charge in [0.2, 0.25) is 0 Å². The number of hydrogen-bond acceptors (Lipinski definition) is 6. The van der Waals surface area contributed by atoms with Gasteiger partial charge in [-0.15, -0.1) is 0 Å². The molecule has 1 heterocycles. The summed E-state index contributed by atoms with van der Waals surface area (Å²) >= 11 is 0. The number of benzene rings is 4. The molecule has 0 unspecified atom stereocenters. The highest BCUT2D eigenvalue weighted by Gasteiger charge is 2.19. The van der Waals surface area contributed by atoms with Crippen molar-refractivity contribution < 1.29 is 0 Å². The van der Waals surface area contributed by atoms with E-state index in [4.69, 9.17) is 5.73 Å². The Bertz CT molecular complexity index is 1340. The molecule has 0 aliphatic heterocycles. The standard InChI is InChI=1S/C28H26N6/c1-2-33(25-19-11-13-21-12-9-10-18-24(21)25)28-26(29)27(30-20-31-28)32-34(22-14-5-3-6-15-22)23-16-7-4-8-17-23/h3-20H,2,29H2,1H3,(H,30,31,32). The average Bonchev–Trinajstić information content (AvgIpc) is 2.90. The molecule has 0 saturated carbocycles. The molecule has 0 fully saturated rings. The fourth-order valence-corrected chi connectivity index (χ4v) is 4.11. The fourth-order valence-electron chi connectivity index (χ4n) is 4.11. The van der Waals surface area contributed by atoms with Gasteiger partial charge >= 0.3 is 0 Å². The number of hydrogen-bond donors (Lipinski definition) is 2. The molecule has 5 rings (SSSR count). The smallest absolute Gasteiger partial charge is 0.173 e. The molecule has 1 aromatic heterocycles. The van der Waals surface area contributed by atoms with Gasteiger partial charge in [0.15, 0.2) is 11.6 Å². The molecule has 0 radical (unpaired) electrons. The van der Waals surface area contributed by atoms with E-state index in [1.54, 1.807) is 6.33 Å². The van der Waals surface area contributed by atoms with E-state index in [0.29, 0.717) is 23.9 Å². The number of para-hydroxylation sites is 2. The quantitative estimate of drug-likeness (QED) is 0.277. The molecule has 6 nitrogen and oxygen atoms in total. The molecule has 0 atom stereocenters. The maximum Gasteiger partial charge on any atom is 0.173 e. The lowest BCUT2D eigenvalue weighted by atomic mass is 10.1. The number of nitrogen functional groups attached to an aromatic ring is 1. The molecule has 5 aromatic rings. The number of fused-ring (bicyclic) bond motifs is 1. The number of aromatic nitrogens is 2. The Labute approximate surface area is 199 Å². The number of hydrazine groups is 1. The zero-order valence-corrected chi connectivity index (χ0v) is 19.0. The Hall–Kier alpha value is -4.58. The highest BCUT2D eigenvalue weighted by Crippen LogP contribution is 2.36. The normalized spacial score (nSPS) is 10.7. The molecule has 0 aliphatic rings. The van der Waals surface area contributed by atoms with Crippen LogP contribution in [0.3, 0.4) is 0 Å². The van der Waals surface area contributed by atoms with E-state index in [-0.39, 0.29) is 0 Å². The summed E-state index contributed by atoms with van der Waals surface area (Å²) in [5, 5.41) is 4.29. The van der Waals surface area contributed by atoms with Crippen LogP contribution in [0.25, 0.3) is 10.8 Å². The summed E-state index contributed by atoms with van der Waals surface area (Å²) in [4.78, 5) is 11.2. The summed E-state index contributed by atoms with van der Waals surface area (Å²) < 4.78 is 0. The summed E-state index contributed by atoms with van der Waals surface area (Å²) in [6.45, 7) is 2.80. The highest BCUT2D eigenvalue weighted by atomic mass is 15.5. The molecule has 34 heavy (non-hydrogen) atoms. The van der Waals surface area contributed by atoms with Gasteiger partial charge in [0, 0.05) is 11.9 Å². The molecular weight excluding hydrogens is 420 g/mol. The van der Waals surface area contributed by atoms with Crippen molar-refractivity contribution >= 4 is 45.2 Å². The highest BCUT2D eigenvalue weighted by molar-refractivity contribution is 5.97. The van der Waals surface area contributed by atoms with Crippen molar-refractivity contribution in [2.75, 3.05) is 27.6 Å². The van der Waals surface area contributed by atoms with Crippen molar-refractivity contribution in [1.82, 2.24) is 9.97 Å².